The number of halogens is 1. The fourth-order valence-corrected chi connectivity index (χ4v) is 6.71. The second-order valence-electron chi connectivity index (χ2n) is 7.41. The van der Waals surface area contributed by atoms with Crippen LogP contribution in [0.5, 0.6) is 11.5 Å². The lowest BCUT2D eigenvalue weighted by Gasteiger charge is -2.13. The van der Waals surface area contributed by atoms with E-state index in [1.807, 2.05) is 53.8 Å². The summed E-state index contributed by atoms with van der Waals surface area (Å²) in [7, 11) is -2.63. The maximum atomic E-state index is 12.7. The minimum atomic E-state index is -4.05. The molecule has 0 aliphatic heterocycles. The van der Waals surface area contributed by atoms with E-state index in [2.05, 4.69) is 15.5 Å². The fourth-order valence-electron chi connectivity index (χ4n) is 3.01. The predicted molar refractivity (Wildman–Crippen MR) is 151 cm³/mol. The average Bonchev–Trinajstić information content (AvgIpc) is 3.27. The number of benzene rings is 3. The van der Waals surface area contributed by atoms with Crippen molar-refractivity contribution in [3.63, 3.8) is 0 Å². The van der Waals surface area contributed by atoms with Gasteiger partial charge in [-0.05, 0) is 71.5 Å². The van der Waals surface area contributed by atoms with E-state index in [0.717, 1.165) is 20.1 Å². The van der Waals surface area contributed by atoms with Crippen molar-refractivity contribution >= 4 is 78.1 Å². The largest absolute Gasteiger partial charge is 0.493 e. The number of hydrazone groups is 1. The number of nitrogens with one attached hydrogen (secondary N) is 1. The molecular formula is C24H20IN3O5S3. The number of nitrogens with zero attached hydrogens (tertiary/aromatic N) is 2. The molecule has 4 aromatic rings. The summed E-state index contributed by atoms with van der Waals surface area (Å²) in [5.41, 5.74) is 4.93. The van der Waals surface area contributed by atoms with Gasteiger partial charge in [-0.3, -0.25) is 4.79 Å². The Balaban J connectivity index is 1.39. The van der Waals surface area contributed by atoms with Gasteiger partial charge >= 0.3 is 10.1 Å². The molecule has 12 heteroatoms. The summed E-state index contributed by atoms with van der Waals surface area (Å²) in [6.45, 7) is 1.87. The molecule has 1 aromatic heterocycles. The van der Waals surface area contributed by atoms with Crippen molar-refractivity contribution in [1.82, 2.24) is 10.4 Å². The van der Waals surface area contributed by atoms with Crippen LogP contribution >= 0.6 is 45.7 Å². The number of hydrogen-bond donors (Lipinski definition) is 1. The van der Waals surface area contributed by atoms with Crippen molar-refractivity contribution in [2.75, 3.05) is 12.9 Å². The minimum absolute atomic E-state index is 0.0445. The molecule has 0 unspecified atom stereocenters. The van der Waals surface area contributed by atoms with Gasteiger partial charge in [0.15, 0.2) is 15.8 Å². The summed E-state index contributed by atoms with van der Waals surface area (Å²) in [5, 5.41) is 4.00. The van der Waals surface area contributed by atoms with Gasteiger partial charge < -0.3 is 8.92 Å². The first kappa shape index (κ1) is 26.4. The van der Waals surface area contributed by atoms with Gasteiger partial charge in [0.25, 0.3) is 5.91 Å². The van der Waals surface area contributed by atoms with Gasteiger partial charge in [-0.25, -0.2) is 10.4 Å². The highest BCUT2D eigenvalue weighted by molar-refractivity contribution is 14.1. The molecule has 0 saturated carbocycles. The number of hydrogen-bond acceptors (Lipinski definition) is 9. The molecule has 186 valence electrons. The van der Waals surface area contributed by atoms with Gasteiger partial charge in [0, 0.05) is 0 Å². The van der Waals surface area contributed by atoms with Crippen LogP contribution in [0.3, 0.4) is 0 Å². The number of rotatable bonds is 9. The monoisotopic (exact) mass is 653 g/mol. The zero-order chi connectivity index (χ0) is 25.7. The number of thiazole rings is 1. The number of amides is 1. The molecule has 0 aliphatic carbocycles. The Labute approximate surface area is 230 Å². The van der Waals surface area contributed by atoms with Crippen LogP contribution in [0.4, 0.5) is 0 Å². The van der Waals surface area contributed by atoms with Crippen LogP contribution in [0.1, 0.15) is 11.1 Å². The molecule has 4 rings (SSSR count). The summed E-state index contributed by atoms with van der Waals surface area (Å²) in [6.07, 6.45) is 1.45. The molecule has 1 N–H and O–H groups in total. The Morgan fingerprint density at radius 1 is 1.19 bits per heavy atom. The third-order valence-electron chi connectivity index (χ3n) is 4.76. The topological polar surface area (TPSA) is 107 Å². The minimum Gasteiger partial charge on any atom is -0.493 e. The van der Waals surface area contributed by atoms with Crippen LogP contribution in [0.25, 0.3) is 10.2 Å². The van der Waals surface area contributed by atoms with Crippen molar-refractivity contribution in [1.29, 1.82) is 0 Å². The Morgan fingerprint density at radius 2 is 1.94 bits per heavy atom. The molecule has 0 atom stereocenters. The fraction of sp³-hybridized carbons (Fsp3) is 0.125. The molecule has 0 bridgehead atoms. The third kappa shape index (κ3) is 6.55. The molecular weight excluding hydrogens is 633 g/mol. The number of aryl methyl sites for hydroxylation is 1. The van der Waals surface area contributed by atoms with Crippen LogP contribution in [0.2, 0.25) is 0 Å². The summed E-state index contributed by atoms with van der Waals surface area (Å²) in [5.74, 6) is 0.187. The van der Waals surface area contributed by atoms with Gasteiger partial charge in [-0.15, -0.1) is 11.3 Å². The maximum Gasteiger partial charge on any atom is 0.339 e. The van der Waals surface area contributed by atoms with Crippen molar-refractivity contribution in [3.05, 3.63) is 75.4 Å². The van der Waals surface area contributed by atoms with E-state index in [4.69, 9.17) is 8.92 Å². The van der Waals surface area contributed by atoms with Crippen molar-refractivity contribution in [2.24, 2.45) is 5.10 Å². The van der Waals surface area contributed by atoms with Gasteiger partial charge in [-0.2, -0.15) is 13.5 Å². The van der Waals surface area contributed by atoms with Crippen LogP contribution in [-0.4, -0.2) is 38.4 Å². The molecule has 0 fully saturated rings. The smallest absolute Gasteiger partial charge is 0.339 e. The van der Waals surface area contributed by atoms with Crippen LogP contribution < -0.4 is 14.3 Å². The third-order valence-corrected chi connectivity index (χ3v) is 8.97. The lowest BCUT2D eigenvalue weighted by molar-refractivity contribution is -0.118. The predicted octanol–water partition coefficient (Wildman–Crippen LogP) is 5.23. The number of ether oxygens (including phenoxy) is 1. The summed E-state index contributed by atoms with van der Waals surface area (Å²) < 4.78 is 38.6. The van der Waals surface area contributed by atoms with Crippen LogP contribution in [0, 0.1) is 10.5 Å². The number of carbonyl (C=O) groups is 1. The number of thioether (sulfide) groups is 1. The molecule has 3 aromatic carbocycles. The van der Waals surface area contributed by atoms with Crippen molar-refractivity contribution < 1.29 is 22.1 Å². The van der Waals surface area contributed by atoms with E-state index in [-0.39, 0.29) is 28.1 Å². The number of aromatic nitrogens is 1. The van der Waals surface area contributed by atoms with Crippen LogP contribution in [-0.2, 0) is 14.9 Å². The lowest BCUT2D eigenvalue weighted by Crippen LogP contribution is -2.19. The first-order valence-electron chi connectivity index (χ1n) is 10.4. The van der Waals surface area contributed by atoms with E-state index in [1.165, 1.54) is 48.6 Å². The van der Waals surface area contributed by atoms with Crippen molar-refractivity contribution in [2.45, 2.75) is 16.2 Å². The summed E-state index contributed by atoms with van der Waals surface area (Å²) in [6, 6.07) is 17.4. The van der Waals surface area contributed by atoms with Gasteiger partial charge in [-0.1, -0.05) is 41.6 Å². The maximum absolute atomic E-state index is 12.7. The molecule has 0 aliphatic rings. The molecule has 8 nitrogen and oxygen atoms in total. The highest BCUT2D eigenvalue weighted by Crippen LogP contribution is 2.35. The molecule has 0 spiro atoms. The first-order chi connectivity index (χ1) is 17.2. The number of carbonyl (C=O) groups excluding carboxylic acids is 1. The van der Waals surface area contributed by atoms with Crippen LogP contribution in [0.15, 0.2) is 75.0 Å². The SMILES string of the molecule is COc1cc(/C=N\NC(=O)CSc2nc3ccccc3s2)cc(I)c1OS(=O)(=O)c1ccc(C)cc1. The zero-order valence-corrected chi connectivity index (χ0v) is 23.7. The molecule has 0 radical (unpaired) electrons. The number of fused-ring (bicyclic) bond motifs is 1. The van der Waals surface area contributed by atoms with Crippen molar-refractivity contribution in [3.8, 4) is 11.5 Å². The van der Waals surface area contributed by atoms with E-state index < -0.39 is 10.1 Å². The highest BCUT2D eigenvalue weighted by Gasteiger charge is 2.22. The quantitative estimate of drug-likeness (QED) is 0.0868. The Bertz CT molecular complexity index is 1500. The molecule has 1 heterocycles. The standard InChI is InChI=1S/C24H20IN3O5S3/c1-15-7-9-17(10-8-15)36(30,31)33-23-18(25)11-16(12-20(23)32-2)13-26-28-22(29)14-34-24-27-19-5-3-4-6-21(19)35-24/h3-13H,14H2,1-2H3,(H,28,29)/b26-13-. The summed E-state index contributed by atoms with van der Waals surface area (Å²) >= 11 is 4.84. The molecule has 36 heavy (non-hydrogen) atoms. The Kier molecular flexibility index (Phi) is 8.49. The van der Waals surface area contributed by atoms with E-state index in [9.17, 15) is 13.2 Å². The number of para-hydroxylation sites is 1. The van der Waals surface area contributed by atoms with Gasteiger partial charge in [0.05, 0.1) is 32.9 Å². The second kappa shape index (κ2) is 11.6. The van der Waals surface area contributed by atoms with E-state index in [0.29, 0.717) is 9.13 Å². The van der Waals surface area contributed by atoms with Gasteiger partial charge in [0.2, 0.25) is 0 Å². The molecule has 1 amide bonds. The second-order valence-corrected chi connectivity index (χ2v) is 12.4. The Morgan fingerprint density at radius 3 is 2.67 bits per heavy atom. The summed E-state index contributed by atoms with van der Waals surface area (Å²) in [4.78, 5) is 16.7. The first-order valence-corrected chi connectivity index (χ1v) is 14.7. The number of methoxy groups -OCH3 is 1. The average molecular weight is 654 g/mol. The van der Waals surface area contributed by atoms with E-state index in [1.54, 1.807) is 24.3 Å². The normalized spacial score (nSPS) is 11.6. The highest BCUT2D eigenvalue weighted by atomic mass is 127. The lowest BCUT2D eigenvalue weighted by atomic mass is 10.2. The zero-order valence-electron chi connectivity index (χ0n) is 19.1. The van der Waals surface area contributed by atoms with Gasteiger partial charge in [0.1, 0.15) is 4.90 Å². The molecule has 0 saturated heterocycles. The Hall–Kier alpha value is -2.68. The van der Waals surface area contributed by atoms with E-state index >= 15 is 0 Å².